The van der Waals surface area contributed by atoms with Crippen molar-refractivity contribution in [2.24, 2.45) is 0 Å². The number of rotatable bonds is 5. The lowest BCUT2D eigenvalue weighted by atomic mass is 10.2. The minimum absolute atomic E-state index is 0.136. The molecule has 0 aliphatic heterocycles. The Morgan fingerprint density at radius 3 is 3.00 bits per heavy atom. The van der Waals surface area contributed by atoms with Crippen LogP contribution in [0.5, 0.6) is 0 Å². The average Bonchev–Trinajstić information content (AvgIpc) is 2.30. The molecule has 1 amide bonds. The number of hydrogen-bond acceptors (Lipinski definition) is 2. The maximum Gasteiger partial charge on any atom is 0.252 e. The van der Waals surface area contributed by atoms with Gasteiger partial charge in [-0.15, -0.1) is 18.3 Å². The van der Waals surface area contributed by atoms with E-state index in [-0.39, 0.29) is 5.91 Å². The third kappa shape index (κ3) is 3.58. The van der Waals surface area contributed by atoms with Crippen LogP contribution < -0.4 is 5.32 Å². The predicted octanol–water partition coefficient (Wildman–Crippen LogP) is 3.37. The fraction of sp³-hybridized carbons (Fsp3) is 0.250. The van der Waals surface area contributed by atoms with Crippen molar-refractivity contribution in [3.8, 4) is 0 Å². The van der Waals surface area contributed by atoms with Crippen LogP contribution in [-0.4, -0.2) is 18.7 Å². The second-order valence-corrected chi connectivity index (χ2v) is 4.47. The predicted molar refractivity (Wildman–Crippen MR) is 70.4 cm³/mol. The summed E-state index contributed by atoms with van der Waals surface area (Å²) in [5.41, 5.74) is 0.526. The molecule has 0 aliphatic carbocycles. The first kappa shape index (κ1) is 13.1. The van der Waals surface area contributed by atoms with Crippen LogP contribution in [-0.2, 0) is 0 Å². The summed E-state index contributed by atoms with van der Waals surface area (Å²) >= 11 is 7.55. The topological polar surface area (TPSA) is 29.1 Å². The number of nitrogens with one attached hydrogen (secondary N) is 1. The van der Waals surface area contributed by atoms with Gasteiger partial charge in [0.2, 0.25) is 0 Å². The minimum atomic E-state index is -0.136. The number of benzene rings is 1. The molecule has 1 N–H and O–H groups in total. The summed E-state index contributed by atoms with van der Waals surface area (Å²) in [7, 11) is 0. The van der Waals surface area contributed by atoms with E-state index >= 15 is 0 Å². The third-order valence-corrected chi connectivity index (χ3v) is 3.11. The lowest BCUT2D eigenvalue weighted by Crippen LogP contribution is -2.24. The molecule has 0 aliphatic rings. The fourth-order valence-corrected chi connectivity index (χ4v) is 1.83. The molecule has 0 bridgehead atoms. The van der Waals surface area contributed by atoms with Gasteiger partial charge in [-0.25, -0.2) is 0 Å². The molecule has 0 fully saturated rings. The first-order valence-corrected chi connectivity index (χ1v) is 6.52. The molecule has 1 rings (SSSR count). The maximum atomic E-state index is 11.8. The van der Waals surface area contributed by atoms with E-state index in [1.165, 1.54) is 0 Å². The Labute approximate surface area is 105 Å². The van der Waals surface area contributed by atoms with Crippen LogP contribution in [0, 0.1) is 0 Å². The van der Waals surface area contributed by atoms with Crippen LogP contribution in [0.4, 0.5) is 0 Å². The Morgan fingerprint density at radius 1 is 1.62 bits per heavy atom. The van der Waals surface area contributed by atoms with E-state index < -0.39 is 0 Å². The van der Waals surface area contributed by atoms with Gasteiger partial charge >= 0.3 is 0 Å². The zero-order valence-electron chi connectivity index (χ0n) is 9.13. The van der Waals surface area contributed by atoms with Crippen LogP contribution in [0.1, 0.15) is 16.8 Å². The Morgan fingerprint density at radius 2 is 2.38 bits per heavy atom. The van der Waals surface area contributed by atoms with Gasteiger partial charge in [-0.3, -0.25) is 4.79 Å². The van der Waals surface area contributed by atoms with E-state index in [1.54, 1.807) is 30.0 Å². The van der Waals surface area contributed by atoms with Crippen molar-refractivity contribution >= 4 is 29.3 Å². The number of amides is 1. The van der Waals surface area contributed by atoms with Gasteiger partial charge in [0.15, 0.2) is 0 Å². The van der Waals surface area contributed by atoms with Gasteiger partial charge in [0.1, 0.15) is 0 Å². The van der Waals surface area contributed by atoms with E-state index in [0.717, 1.165) is 11.3 Å². The van der Waals surface area contributed by atoms with E-state index in [0.29, 0.717) is 17.1 Å². The second kappa shape index (κ2) is 6.61. The molecular formula is C12H14ClNOS. The normalized spacial score (nSPS) is 9.88. The van der Waals surface area contributed by atoms with Crippen molar-refractivity contribution in [1.29, 1.82) is 0 Å². The molecule has 2 nitrogen and oxygen atoms in total. The summed E-state index contributed by atoms with van der Waals surface area (Å²) in [6.07, 6.45) is 4.48. The Balaban J connectivity index is 2.77. The van der Waals surface area contributed by atoms with Crippen molar-refractivity contribution in [2.45, 2.75) is 11.3 Å². The van der Waals surface area contributed by atoms with Gasteiger partial charge in [-0.1, -0.05) is 17.7 Å². The Kier molecular flexibility index (Phi) is 5.43. The van der Waals surface area contributed by atoms with E-state index in [2.05, 4.69) is 11.9 Å². The molecule has 0 atom stereocenters. The van der Waals surface area contributed by atoms with Crippen molar-refractivity contribution in [2.75, 3.05) is 12.8 Å². The third-order valence-electron chi connectivity index (χ3n) is 2.05. The van der Waals surface area contributed by atoms with Crippen molar-refractivity contribution in [1.82, 2.24) is 5.32 Å². The van der Waals surface area contributed by atoms with Crippen LogP contribution in [0.3, 0.4) is 0 Å². The van der Waals surface area contributed by atoms with E-state index in [4.69, 9.17) is 11.6 Å². The van der Waals surface area contributed by atoms with Crippen LogP contribution >= 0.6 is 23.4 Å². The first-order valence-electron chi connectivity index (χ1n) is 4.91. The summed E-state index contributed by atoms with van der Waals surface area (Å²) < 4.78 is 0. The Hall–Kier alpha value is -0.930. The largest absolute Gasteiger partial charge is 0.352 e. The molecule has 0 heterocycles. The zero-order chi connectivity index (χ0) is 12.0. The van der Waals surface area contributed by atoms with Crippen molar-refractivity contribution in [3.63, 3.8) is 0 Å². The SMILES string of the molecule is C=CCCNC(=O)c1cc(SC)ccc1Cl. The molecule has 16 heavy (non-hydrogen) atoms. The van der Waals surface area contributed by atoms with Crippen LogP contribution in [0.15, 0.2) is 35.7 Å². The number of halogens is 1. The standard InChI is InChI=1S/C12H14ClNOS/c1-3-4-7-14-12(15)10-8-9(16-2)5-6-11(10)13/h3,5-6,8H,1,4,7H2,2H3,(H,14,15). The van der Waals surface area contributed by atoms with Gasteiger partial charge in [0.05, 0.1) is 10.6 Å². The summed E-state index contributed by atoms with van der Waals surface area (Å²) in [4.78, 5) is 12.8. The number of thioether (sulfide) groups is 1. The summed E-state index contributed by atoms with van der Waals surface area (Å²) in [6.45, 7) is 4.18. The van der Waals surface area contributed by atoms with Crippen LogP contribution in [0.25, 0.3) is 0 Å². The lowest BCUT2D eigenvalue weighted by molar-refractivity contribution is 0.0954. The van der Waals surface area contributed by atoms with Crippen LogP contribution in [0.2, 0.25) is 5.02 Å². The number of carbonyl (C=O) groups is 1. The molecule has 0 aromatic heterocycles. The summed E-state index contributed by atoms with van der Waals surface area (Å²) in [5, 5.41) is 3.27. The lowest BCUT2D eigenvalue weighted by Gasteiger charge is -2.07. The fourth-order valence-electron chi connectivity index (χ4n) is 1.19. The molecular weight excluding hydrogens is 242 g/mol. The molecule has 1 aromatic rings. The van der Waals surface area contributed by atoms with Crippen molar-refractivity contribution in [3.05, 3.63) is 41.4 Å². The number of carbonyl (C=O) groups excluding carboxylic acids is 1. The van der Waals surface area contributed by atoms with E-state index in [9.17, 15) is 4.79 Å². The summed E-state index contributed by atoms with van der Waals surface area (Å²) in [6, 6.07) is 5.44. The number of hydrogen-bond donors (Lipinski definition) is 1. The molecule has 0 saturated carbocycles. The monoisotopic (exact) mass is 255 g/mol. The highest BCUT2D eigenvalue weighted by Gasteiger charge is 2.10. The highest BCUT2D eigenvalue weighted by Crippen LogP contribution is 2.22. The smallest absolute Gasteiger partial charge is 0.252 e. The van der Waals surface area contributed by atoms with Gasteiger partial charge in [0.25, 0.3) is 5.91 Å². The van der Waals surface area contributed by atoms with Gasteiger partial charge in [-0.2, -0.15) is 0 Å². The van der Waals surface area contributed by atoms with Gasteiger partial charge in [-0.05, 0) is 30.9 Å². The highest BCUT2D eigenvalue weighted by molar-refractivity contribution is 7.98. The molecule has 4 heteroatoms. The zero-order valence-corrected chi connectivity index (χ0v) is 10.7. The molecule has 0 radical (unpaired) electrons. The summed E-state index contributed by atoms with van der Waals surface area (Å²) in [5.74, 6) is -0.136. The molecule has 86 valence electrons. The van der Waals surface area contributed by atoms with E-state index in [1.807, 2.05) is 12.3 Å². The second-order valence-electron chi connectivity index (χ2n) is 3.18. The quantitative estimate of drug-likeness (QED) is 0.497. The minimum Gasteiger partial charge on any atom is -0.352 e. The molecule has 0 unspecified atom stereocenters. The molecule has 0 spiro atoms. The van der Waals surface area contributed by atoms with Gasteiger partial charge in [0, 0.05) is 11.4 Å². The van der Waals surface area contributed by atoms with Crippen molar-refractivity contribution < 1.29 is 4.79 Å². The first-order chi connectivity index (χ1) is 7.69. The Bertz CT molecular complexity index is 393. The highest BCUT2D eigenvalue weighted by atomic mass is 35.5. The molecule has 1 aromatic carbocycles. The maximum absolute atomic E-state index is 11.8. The van der Waals surface area contributed by atoms with Gasteiger partial charge < -0.3 is 5.32 Å². The average molecular weight is 256 g/mol. The molecule has 0 saturated heterocycles.